The zero-order valence-electron chi connectivity index (χ0n) is 19.6. The number of halogens is 1. The number of hydrogen-bond donors (Lipinski definition) is 2. The van der Waals surface area contributed by atoms with E-state index in [1.54, 1.807) is 18.3 Å². The minimum atomic E-state index is -0.392. The van der Waals surface area contributed by atoms with E-state index in [-0.39, 0.29) is 30.2 Å². The molecule has 0 radical (unpaired) electrons. The van der Waals surface area contributed by atoms with Crippen molar-refractivity contribution in [3.8, 4) is 0 Å². The molecule has 1 aliphatic rings. The lowest BCUT2D eigenvalue weighted by molar-refractivity contribution is -0.110. The van der Waals surface area contributed by atoms with Gasteiger partial charge in [0, 0.05) is 42.0 Å². The second-order valence-corrected chi connectivity index (χ2v) is 8.92. The summed E-state index contributed by atoms with van der Waals surface area (Å²) in [4.78, 5) is 49.1. The number of hydrogen-bond acceptors (Lipinski definition) is 5. The molecule has 0 saturated carbocycles. The van der Waals surface area contributed by atoms with E-state index in [1.807, 2.05) is 54.8 Å². The number of aromatic nitrogens is 4. The first-order chi connectivity index (χ1) is 18.0. The van der Waals surface area contributed by atoms with Gasteiger partial charge in [-0.2, -0.15) is 0 Å². The molecule has 0 atom stereocenters. The van der Waals surface area contributed by atoms with Crippen molar-refractivity contribution in [2.24, 2.45) is 0 Å². The standard InChI is InChI=1S/C28H22ClN5O3/c29-26-10-8-19(14-32-26)16-34-17-30-15-23(28(34)37)25(35)6-2-1-4-18-7-9-21-22(13-20-5-3-11-31-20)27(36)33-24(21)12-18/h1,3-5,7-15,17,31H,2,6,16H2,(H,33,36)/b4-1+,22-13-. The van der Waals surface area contributed by atoms with Gasteiger partial charge in [-0.1, -0.05) is 42.0 Å². The topological polar surface area (TPSA) is 110 Å². The molecule has 0 bridgehead atoms. The Morgan fingerprint density at radius 3 is 2.78 bits per heavy atom. The van der Waals surface area contributed by atoms with Gasteiger partial charge >= 0.3 is 0 Å². The van der Waals surface area contributed by atoms with Crippen LogP contribution in [0.1, 0.15) is 45.6 Å². The largest absolute Gasteiger partial charge is 0.362 e. The van der Waals surface area contributed by atoms with Gasteiger partial charge in [0.1, 0.15) is 10.7 Å². The highest BCUT2D eigenvalue weighted by Crippen LogP contribution is 2.34. The Hall–Kier alpha value is -4.56. The molecule has 37 heavy (non-hydrogen) atoms. The molecule has 1 aromatic carbocycles. The summed E-state index contributed by atoms with van der Waals surface area (Å²) >= 11 is 5.81. The highest BCUT2D eigenvalue weighted by Gasteiger charge is 2.24. The van der Waals surface area contributed by atoms with Gasteiger partial charge in [0.15, 0.2) is 5.78 Å². The summed E-state index contributed by atoms with van der Waals surface area (Å²) in [6.07, 6.45) is 12.3. The molecule has 4 heterocycles. The van der Waals surface area contributed by atoms with Crippen LogP contribution in [-0.2, 0) is 11.3 Å². The van der Waals surface area contributed by atoms with E-state index in [0.717, 1.165) is 28.1 Å². The molecule has 9 heteroatoms. The van der Waals surface area contributed by atoms with E-state index in [0.29, 0.717) is 17.1 Å². The SMILES string of the molecule is O=C1Nc2cc(/C=C/CCC(=O)c3cncn(Cc4ccc(Cl)nc4)c3=O)ccc2/C1=C/c1ccc[nH]1. The zero-order chi connectivity index (χ0) is 25.8. The normalized spacial score (nSPS) is 13.8. The van der Waals surface area contributed by atoms with Crippen LogP contribution >= 0.6 is 11.6 Å². The number of fused-ring (bicyclic) bond motifs is 1. The van der Waals surface area contributed by atoms with Crippen molar-refractivity contribution in [3.05, 3.63) is 117 Å². The molecule has 0 spiro atoms. The molecule has 184 valence electrons. The fourth-order valence-corrected chi connectivity index (χ4v) is 4.18. The summed E-state index contributed by atoms with van der Waals surface area (Å²) in [6, 6.07) is 12.9. The van der Waals surface area contributed by atoms with Gasteiger partial charge in [0.25, 0.3) is 11.5 Å². The van der Waals surface area contributed by atoms with Crippen molar-refractivity contribution >= 4 is 46.7 Å². The van der Waals surface area contributed by atoms with Crippen LogP contribution in [0.5, 0.6) is 0 Å². The highest BCUT2D eigenvalue weighted by molar-refractivity contribution is 6.34. The van der Waals surface area contributed by atoms with Crippen LogP contribution in [0.15, 0.2) is 78.3 Å². The maximum Gasteiger partial charge on any atom is 0.264 e. The van der Waals surface area contributed by atoms with Gasteiger partial charge in [-0.15, -0.1) is 0 Å². The first-order valence-electron chi connectivity index (χ1n) is 11.6. The van der Waals surface area contributed by atoms with Gasteiger partial charge < -0.3 is 10.3 Å². The lowest BCUT2D eigenvalue weighted by Crippen LogP contribution is -2.27. The van der Waals surface area contributed by atoms with Crippen LogP contribution in [0.25, 0.3) is 17.7 Å². The summed E-state index contributed by atoms with van der Waals surface area (Å²) in [5, 5.41) is 3.26. The van der Waals surface area contributed by atoms with E-state index in [4.69, 9.17) is 11.6 Å². The summed E-state index contributed by atoms with van der Waals surface area (Å²) in [5.41, 5.74) is 4.38. The fourth-order valence-electron chi connectivity index (χ4n) is 4.07. The molecule has 0 saturated heterocycles. The Kier molecular flexibility index (Phi) is 6.91. The van der Waals surface area contributed by atoms with Crippen LogP contribution in [-0.4, -0.2) is 31.2 Å². The third-order valence-electron chi connectivity index (χ3n) is 5.94. The predicted octanol–water partition coefficient (Wildman–Crippen LogP) is 4.84. The third-order valence-corrected chi connectivity index (χ3v) is 6.16. The fraction of sp³-hybridized carbons (Fsp3) is 0.107. The van der Waals surface area contributed by atoms with Gasteiger partial charge in [0.2, 0.25) is 0 Å². The zero-order valence-corrected chi connectivity index (χ0v) is 20.4. The molecule has 0 aliphatic carbocycles. The summed E-state index contributed by atoms with van der Waals surface area (Å²) in [7, 11) is 0. The minimum absolute atomic E-state index is 0.0550. The van der Waals surface area contributed by atoms with E-state index in [2.05, 4.69) is 20.3 Å². The molecule has 2 N–H and O–H groups in total. The first-order valence-corrected chi connectivity index (χ1v) is 12.0. The molecule has 5 rings (SSSR count). The Balaban J connectivity index is 1.22. The number of rotatable bonds is 8. The van der Waals surface area contributed by atoms with Crippen molar-refractivity contribution in [1.82, 2.24) is 19.5 Å². The molecule has 1 amide bonds. The Labute approximate surface area is 217 Å². The number of amides is 1. The van der Waals surface area contributed by atoms with Gasteiger partial charge in [0.05, 0.1) is 18.4 Å². The molecule has 8 nitrogen and oxygen atoms in total. The number of nitrogens with one attached hydrogen (secondary N) is 2. The number of allylic oxidation sites excluding steroid dienone is 1. The van der Waals surface area contributed by atoms with Crippen molar-refractivity contribution < 1.29 is 9.59 Å². The summed E-state index contributed by atoms with van der Waals surface area (Å²) < 4.78 is 1.38. The quantitative estimate of drug-likeness (QED) is 0.200. The number of Topliss-reactive ketones (excluding diaryl/α,β-unsaturated/α-hetero) is 1. The molecule has 3 aromatic heterocycles. The minimum Gasteiger partial charge on any atom is -0.362 e. The predicted molar refractivity (Wildman–Crippen MR) is 143 cm³/mol. The van der Waals surface area contributed by atoms with E-state index >= 15 is 0 Å². The van der Waals surface area contributed by atoms with Gasteiger partial charge in [-0.3, -0.25) is 19.0 Å². The molecule has 4 aromatic rings. The van der Waals surface area contributed by atoms with Crippen LogP contribution in [0.2, 0.25) is 5.15 Å². The second-order valence-electron chi connectivity index (χ2n) is 8.54. The second kappa shape index (κ2) is 10.6. The van der Waals surface area contributed by atoms with Crippen LogP contribution in [0.3, 0.4) is 0 Å². The maximum absolute atomic E-state index is 12.8. The average molecular weight is 512 g/mol. The summed E-state index contributed by atoms with van der Waals surface area (Å²) in [5.74, 6) is -0.420. The van der Waals surface area contributed by atoms with Gasteiger partial charge in [-0.05, 0) is 47.9 Å². The molecule has 1 aliphatic heterocycles. The number of ketones is 1. The number of nitrogens with zero attached hydrogens (tertiary/aromatic N) is 3. The smallest absolute Gasteiger partial charge is 0.264 e. The van der Waals surface area contributed by atoms with Gasteiger partial charge in [-0.25, -0.2) is 9.97 Å². The number of anilines is 1. The third kappa shape index (κ3) is 5.49. The molecular formula is C28H22ClN5O3. The van der Waals surface area contributed by atoms with Crippen LogP contribution in [0.4, 0.5) is 5.69 Å². The van der Waals surface area contributed by atoms with Crippen molar-refractivity contribution in [2.75, 3.05) is 5.32 Å². The number of benzene rings is 1. The average Bonchev–Trinajstić information content (AvgIpc) is 3.52. The lowest BCUT2D eigenvalue weighted by Gasteiger charge is -2.07. The van der Waals surface area contributed by atoms with E-state index < -0.39 is 5.56 Å². The molecular weight excluding hydrogens is 490 g/mol. The monoisotopic (exact) mass is 511 g/mol. The van der Waals surface area contributed by atoms with Crippen molar-refractivity contribution in [2.45, 2.75) is 19.4 Å². The van der Waals surface area contributed by atoms with E-state index in [1.165, 1.54) is 17.1 Å². The molecule has 0 unspecified atom stereocenters. The van der Waals surface area contributed by atoms with Crippen LogP contribution in [0, 0.1) is 0 Å². The Bertz CT molecular complexity index is 1590. The van der Waals surface area contributed by atoms with Crippen molar-refractivity contribution in [1.29, 1.82) is 0 Å². The Morgan fingerprint density at radius 1 is 1.11 bits per heavy atom. The highest BCUT2D eigenvalue weighted by atomic mass is 35.5. The number of aromatic amines is 1. The Morgan fingerprint density at radius 2 is 2.00 bits per heavy atom. The van der Waals surface area contributed by atoms with Crippen LogP contribution < -0.4 is 10.9 Å². The molecule has 0 fully saturated rings. The number of pyridine rings is 1. The first kappa shape index (κ1) is 24.1. The van der Waals surface area contributed by atoms with Crippen molar-refractivity contribution in [3.63, 3.8) is 0 Å². The summed E-state index contributed by atoms with van der Waals surface area (Å²) in [6.45, 7) is 0.244. The number of carbonyl (C=O) groups excluding carboxylic acids is 2. The lowest BCUT2D eigenvalue weighted by atomic mass is 10.0. The maximum atomic E-state index is 12.8. The van der Waals surface area contributed by atoms with E-state index in [9.17, 15) is 14.4 Å². The number of H-pyrrole nitrogens is 1. The number of carbonyl (C=O) groups is 2.